The summed E-state index contributed by atoms with van der Waals surface area (Å²) in [6.45, 7) is 7.18. The van der Waals surface area contributed by atoms with Gasteiger partial charge in [0.15, 0.2) is 0 Å². The minimum Gasteiger partial charge on any atom is -0.471 e. The SMILES string of the molecule is Cc1nccc(-c2ccc(C)c(-n3c(C)nc(OCc4cccc(F)n4)c(C)c3=O)c2)n1. The number of aryl methyl sites for hydroxylation is 3. The third-order valence-corrected chi connectivity index (χ3v) is 5.08. The van der Waals surface area contributed by atoms with Crippen molar-refractivity contribution in [3.8, 4) is 22.8 Å². The molecule has 32 heavy (non-hydrogen) atoms. The molecule has 0 N–H and O–H groups in total. The Balaban J connectivity index is 1.72. The summed E-state index contributed by atoms with van der Waals surface area (Å²) in [7, 11) is 0. The van der Waals surface area contributed by atoms with Crippen molar-refractivity contribution >= 4 is 0 Å². The van der Waals surface area contributed by atoms with Crippen molar-refractivity contribution in [3.63, 3.8) is 0 Å². The molecule has 3 heterocycles. The molecular weight excluding hydrogens is 409 g/mol. The molecule has 3 aromatic heterocycles. The highest BCUT2D eigenvalue weighted by atomic mass is 19.1. The summed E-state index contributed by atoms with van der Waals surface area (Å²) in [5, 5.41) is 0. The number of hydrogen-bond donors (Lipinski definition) is 0. The summed E-state index contributed by atoms with van der Waals surface area (Å²) in [6.07, 6.45) is 1.71. The van der Waals surface area contributed by atoms with E-state index < -0.39 is 5.95 Å². The zero-order chi connectivity index (χ0) is 22.8. The van der Waals surface area contributed by atoms with Crippen LogP contribution in [0.4, 0.5) is 4.39 Å². The second kappa shape index (κ2) is 8.66. The maximum Gasteiger partial charge on any atom is 0.264 e. The van der Waals surface area contributed by atoms with Crippen molar-refractivity contribution in [3.05, 3.63) is 93.4 Å². The highest BCUT2D eigenvalue weighted by Crippen LogP contribution is 2.24. The normalized spacial score (nSPS) is 10.9. The van der Waals surface area contributed by atoms with E-state index >= 15 is 0 Å². The molecule has 4 rings (SSSR count). The minimum absolute atomic E-state index is 0.00999. The van der Waals surface area contributed by atoms with Gasteiger partial charge in [-0.15, -0.1) is 0 Å². The zero-order valence-corrected chi connectivity index (χ0v) is 18.3. The number of halogens is 1. The molecule has 0 saturated heterocycles. The highest BCUT2D eigenvalue weighted by Gasteiger charge is 2.16. The Morgan fingerprint density at radius 3 is 2.56 bits per heavy atom. The molecule has 0 spiro atoms. The van der Waals surface area contributed by atoms with Crippen molar-refractivity contribution in [2.24, 2.45) is 0 Å². The van der Waals surface area contributed by atoms with Gasteiger partial charge in [0.05, 0.1) is 22.6 Å². The Labute approximate surface area is 184 Å². The molecule has 0 aliphatic rings. The van der Waals surface area contributed by atoms with Gasteiger partial charge in [0, 0.05) is 11.8 Å². The van der Waals surface area contributed by atoms with Gasteiger partial charge in [-0.2, -0.15) is 9.37 Å². The van der Waals surface area contributed by atoms with Gasteiger partial charge in [-0.25, -0.2) is 15.0 Å². The Morgan fingerprint density at radius 1 is 1.00 bits per heavy atom. The number of rotatable bonds is 5. The molecule has 8 heteroatoms. The molecule has 0 amide bonds. The monoisotopic (exact) mass is 431 g/mol. The standard InChI is InChI=1S/C24H22FN5O2/c1-14-8-9-18(20-10-11-26-16(3)27-20)12-21(14)30-17(4)28-23(15(2)24(30)31)32-13-19-6-5-7-22(25)29-19/h5-12H,13H2,1-4H3. The van der Waals surface area contributed by atoms with E-state index in [1.54, 1.807) is 36.7 Å². The van der Waals surface area contributed by atoms with E-state index in [0.29, 0.717) is 22.9 Å². The molecule has 0 atom stereocenters. The first-order chi connectivity index (χ1) is 15.3. The Kier molecular flexibility index (Phi) is 5.77. The van der Waals surface area contributed by atoms with Crippen molar-refractivity contribution < 1.29 is 9.13 Å². The largest absolute Gasteiger partial charge is 0.471 e. The molecule has 7 nitrogen and oxygen atoms in total. The van der Waals surface area contributed by atoms with Crippen LogP contribution >= 0.6 is 0 Å². The van der Waals surface area contributed by atoms with E-state index in [1.807, 2.05) is 38.1 Å². The molecule has 0 aliphatic carbocycles. The summed E-state index contributed by atoms with van der Waals surface area (Å²) in [5.41, 5.74) is 3.82. The van der Waals surface area contributed by atoms with E-state index in [0.717, 1.165) is 22.5 Å². The van der Waals surface area contributed by atoms with Gasteiger partial charge in [-0.05, 0) is 57.5 Å². The lowest BCUT2D eigenvalue weighted by molar-refractivity contribution is 0.282. The molecule has 4 aromatic rings. The van der Waals surface area contributed by atoms with Crippen LogP contribution < -0.4 is 10.3 Å². The van der Waals surface area contributed by atoms with Gasteiger partial charge in [0.25, 0.3) is 5.56 Å². The number of aromatic nitrogens is 5. The van der Waals surface area contributed by atoms with Crippen LogP contribution in [0, 0.1) is 33.6 Å². The minimum atomic E-state index is -0.586. The predicted molar refractivity (Wildman–Crippen MR) is 118 cm³/mol. The number of hydrogen-bond acceptors (Lipinski definition) is 6. The van der Waals surface area contributed by atoms with Crippen molar-refractivity contribution in [2.75, 3.05) is 0 Å². The van der Waals surface area contributed by atoms with Crippen LogP contribution in [-0.4, -0.2) is 24.5 Å². The van der Waals surface area contributed by atoms with Gasteiger partial charge in [0.1, 0.15) is 18.3 Å². The van der Waals surface area contributed by atoms with Crippen LogP contribution in [0.3, 0.4) is 0 Å². The smallest absolute Gasteiger partial charge is 0.264 e. The van der Waals surface area contributed by atoms with E-state index in [1.165, 1.54) is 6.07 Å². The first-order valence-corrected chi connectivity index (χ1v) is 10.1. The fraction of sp³-hybridized carbons (Fsp3) is 0.208. The Morgan fingerprint density at radius 2 is 1.81 bits per heavy atom. The van der Waals surface area contributed by atoms with Gasteiger partial charge in [-0.3, -0.25) is 9.36 Å². The fourth-order valence-electron chi connectivity index (χ4n) is 3.41. The summed E-state index contributed by atoms with van der Waals surface area (Å²) >= 11 is 0. The number of benzene rings is 1. The predicted octanol–water partition coefficient (Wildman–Crippen LogP) is 4.04. The van der Waals surface area contributed by atoms with E-state index in [2.05, 4.69) is 19.9 Å². The van der Waals surface area contributed by atoms with Gasteiger partial charge >= 0.3 is 0 Å². The zero-order valence-electron chi connectivity index (χ0n) is 18.3. The Hall–Kier alpha value is -3.94. The third-order valence-electron chi connectivity index (χ3n) is 5.08. The summed E-state index contributed by atoms with van der Waals surface area (Å²) < 4.78 is 20.6. The molecule has 1 aromatic carbocycles. The third kappa shape index (κ3) is 4.25. The van der Waals surface area contributed by atoms with Crippen molar-refractivity contribution in [1.82, 2.24) is 24.5 Å². The van der Waals surface area contributed by atoms with Crippen LogP contribution in [0.5, 0.6) is 5.88 Å². The van der Waals surface area contributed by atoms with E-state index in [4.69, 9.17) is 4.74 Å². The summed E-state index contributed by atoms with van der Waals surface area (Å²) in [6, 6.07) is 12.1. The maximum atomic E-state index is 13.3. The molecule has 0 radical (unpaired) electrons. The quantitative estimate of drug-likeness (QED) is 0.444. The summed E-state index contributed by atoms with van der Waals surface area (Å²) in [4.78, 5) is 30.2. The van der Waals surface area contributed by atoms with Gasteiger partial charge < -0.3 is 4.74 Å². The topological polar surface area (TPSA) is 82.8 Å². The Bertz CT molecular complexity index is 1370. The molecule has 0 fully saturated rings. The van der Waals surface area contributed by atoms with Crippen LogP contribution in [0.25, 0.3) is 16.9 Å². The first-order valence-electron chi connectivity index (χ1n) is 10.1. The maximum absolute atomic E-state index is 13.3. The lowest BCUT2D eigenvalue weighted by Crippen LogP contribution is -2.26. The first kappa shape index (κ1) is 21.3. The lowest BCUT2D eigenvalue weighted by Gasteiger charge is -2.16. The second-order valence-electron chi connectivity index (χ2n) is 7.46. The number of ether oxygens (including phenoxy) is 1. The molecule has 0 bridgehead atoms. The van der Waals surface area contributed by atoms with Crippen molar-refractivity contribution in [2.45, 2.75) is 34.3 Å². The average Bonchev–Trinajstić information content (AvgIpc) is 2.76. The highest BCUT2D eigenvalue weighted by molar-refractivity contribution is 5.64. The van der Waals surface area contributed by atoms with Gasteiger partial charge in [0.2, 0.25) is 11.8 Å². The molecular formula is C24H22FN5O2. The van der Waals surface area contributed by atoms with Crippen LogP contribution in [0.15, 0.2) is 53.5 Å². The molecule has 0 saturated carbocycles. The molecule has 162 valence electrons. The number of pyridine rings is 1. The fourth-order valence-corrected chi connectivity index (χ4v) is 3.41. The lowest BCUT2D eigenvalue weighted by atomic mass is 10.1. The molecule has 0 aliphatic heterocycles. The average molecular weight is 431 g/mol. The van der Waals surface area contributed by atoms with Crippen LogP contribution in [-0.2, 0) is 6.61 Å². The second-order valence-corrected chi connectivity index (χ2v) is 7.46. The van der Waals surface area contributed by atoms with E-state index in [9.17, 15) is 9.18 Å². The van der Waals surface area contributed by atoms with Crippen LogP contribution in [0.1, 0.15) is 28.5 Å². The molecule has 0 unspecified atom stereocenters. The van der Waals surface area contributed by atoms with Crippen molar-refractivity contribution in [1.29, 1.82) is 0 Å². The van der Waals surface area contributed by atoms with E-state index in [-0.39, 0.29) is 18.0 Å². The van der Waals surface area contributed by atoms with Crippen LogP contribution in [0.2, 0.25) is 0 Å². The number of nitrogens with zero attached hydrogens (tertiary/aromatic N) is 5. The summed E-state index contributed by atoms with van der Waals surface area (Å²) in [5.74, 6) is 0.762. The van der Waals surface area contributed by atoms with Gasteiger partial charge in [-0.1, -0.05) is 18.2 Å².